The molecule has 0 aliphatic rings. The first kappa shape index (κ1) is 14.0. The van der Waals surface area contributed by atoms with Crippen molar-refractivity contribution >= 4 is 11.5 Å². The van der Waals surface area contributed by atoms with Crippen LogP contribution < -0.4 is 5.32 Å². The second kappa shape index (κ2) is 6.14. The van der Waals surface area contributed by atoms with E-state index in [1.165, 1.54) is 0 Å². The summed E-state index contributed by atoms with van der Waals surface area (Å²) < 4.78 is 1.62. The van der Waals surface area contributed by atoms with Crippen molar-refractivity contribution in [2.24, 2.45) is 0 Å². The Kier molecular flexibility index (Phi) is 4.29. The number of nitro groups is 1. The molecule has 2 aromatic heterocycles. The molecule has 2 heterocycles. The predicted octanol–water partition coefficient (Wildman–Crippen LogP) is 2.17. The summed E-state index contributed by atoms with van der Waals surface area (Å²) in [7, 11) is 0. The molecule has 20 heavy (non-hydrogen) atoms. The van der Waals surface area contributed by atoms with Crippen molar-refractivity contribution < 1.29 is 4.92 Å². The lowest BCUT2D eigenvalue weighted by atomic mass is 10.2. The molecule has 0 aromatic carbocycles. The highest BCUT2D eigenvalue weighted by atomic mass is 16.6. The van der Waals surface area contributed by atoms with Crippen LogP contribution in [0.3, 0.4) is 0 Å². The Morgan fingerprint density at radius 3 is 2.85 bits per heavy atom. The molecule has 106 valence electrons. The van der Waals surface area contributed by atoms with Gasteiger partial charge in [-0.3, -0.25) is 15.1 Å². The molecule has 7 nitrogen and oxygen atoms in total. The first-order chi connectivity index (χ1) is 9.63. The van der Waals surface area contributed by atoms with Crippen molar-refractivity contribution in [3.05, 3.63) is 45.9 Å². The van der Waals surface area contributed by atoms with Crippen LogP contribution in [0.1, 0.15) is 18.3 Å². The van der Waals surface area contributed by atoms with Crippen molar-refractivity contribution in [1.82, 2.24) is 14.8 Å². The molecular weight excluding hydrogens is 258 g/mol. The minimum atomic E-state index is -0.391. The van der Waals surface area contributed by atoms with Crippen LogP contribution in [0.2, 0.25) is 0 Å². The Balaban J connectivity index is 2.10. The molecule has 0 spiro atoms. The fraction of sp³-hybridized carbons (Fsp3) is 0.385. The monoisotopic (exact) mass is 275 g/mol. The minimum Gasteiger partial charge on any atom is -0.364 e. The average molecular weight is 275 g/mol. The maximum absolute atomic E-state index is 11.1. The first-order valence-electron chi connectivity index (χ1n) is 6.49. The normalized spacial score (nSPS) is 10.5. The SMILES string of the molecule is CCn1nc(C)c([N+](=O)[O-])c1NCCc1ccccn1. The zero-order chi connectivity index (χ0) is 14.5. The number of aromatic nitrogens is 3. The zero-order valence-electron chi connectivity index (χ0n) is 11.5. The van der Waals surface area contributed by atoms with E-state index in [9.17, 15) is 10.1 Å². The molecule has 0 fully saturated rings. The van der Waals surface area contributed by atoms with Gasteiger partial charge < -0.3 is 5.32 Å². The molecule has 0 unspecified atom stereocenters. The smallest absolute Gasteiger partial charge is 0.333 e. The molecular formula is C13H17N5O2. The van der Waals surface area contributed by atoms with E-state index in [0.29, 0.717) is 31.0 Å². The second-order valence-corrected chi connectivity index (χ2v) is 4.35. The molecule has 0 aliphatic carbocycles. The van der Waals surface area contributed by atoms with E-state index in [1.54, 1.807) is 17.8 Å². The van der Waals surface area contributed by atoms with Crippen LogP contribution >= 0.6 is 0 Å². The van der Waals surface area contributed by atoms with Gasteiger partial charge in [0.25, 0.3) is 0 Å². The van der Waals surface area contributed by atoms with Crippen LogP contribution in [-0.2, 0) is 13.0 Å². The average Bonchev–Trinajstić information content (AvgIpc) is 2.76. The van der Waals surface area contributed by atoms with Gasteiger partial charge >= 0.3 is 5.69 Å². The van der Waals surface area contributed by atoms with E-state index >= 15 is 0 Å². The summed E-state index contributed by atoms with van der Waals surface area (Å²) in [6.45, 7) is 4.71. The molecule has 2 rings (SSSR count). The lowest BCUT2D eigenvalue weighted by molar-refractivity contribution is -0.384. The number of nitrogens with zero attached hydrogens (tertiary/aromatic N) is 4. The molecule has 0 atom stereocenters. The quantitative estimate of drug-likeness (QED) is 0.645. The first-order valence-corrected chi connectivity index (χ1v) is 6.49. The summed E-state index contributed by atoms with van der Waals surface area (Å²) in [5.41, 5.74) is 1.42. The summed E-state index contributed by atoms with van der Waals surface area (Å²) in [6, 6.07) is 5.71. The molecule has 0 saturated carbocycles. The fourth-order valence-electron chi connectivity index (χ4n) is 2.05. The summed E-state index contributed by atoms with van der Waals surface area (Å²) in [6.07, 6.45) is 2.43. The van der Waals surface area contributed by atoms with Crippen molar-refractivity contribution in [1.29, 1.82) is 0 Å². The standard InChI is InChI=1S/C13H17N5O2/c1-3-17-13(12(18(19)20)10(2)16-17)15-9-7-11-6-4-5-8-14-11/h4-6,8,15H,3,7,9H2,1-2H3. The van der Waals surface area contributed by atoms with Gasteiger partial charge in [0.2, 0.25) is 5.82 Å². The van der Waals surface area contributed by atoms with E-state index in [1.807, 2.05) is 25.1 Å². The number of rotatable bonds is 6. The lowest BCUT2D eigenvalue weighted by Gasteiger charge is -2.07. The van der Waals surface area contributed by atoms with E-state index in [4.69, 9.17) is 0 Å². The number of pyridine rings is 1. The van der Waals surface area contributed by atoms with E-state index < -0.39 is 4.92 Å². The van der Waals surface area contributed by atoms with E-state index in [-0.39, 0.29) is 5.69 Å². The van der Waals surface area contributed by atoms with Crippen LogP contribution in [0.4, 0.5) is 11.5 Å². The van der Waals surface area contributed by atoms with Crippen molar-refractivity contribution in [3.63, 3.8) is 0 Å². The minimum absolute atomic E-state index is 0.0490. The molecule has 2 aromatic rings. The van der Waals surface area contributed by atoms with Gasteiger partial charge in [-0.25, -0.2) is 4.68 Å². The summed E-state index contributed by atoms with van der Waals surface area (Å²) in [4.78, 5) is 14.9. The highest BCUT2D eigenvalue weighted by Gasteiger charge is 2.24. The Morgan fingerprint density at radius 2 is 2.25 bits per heavy atom. The van der Waals surface area contributed by atoms with E-state index in [2.05, 4.69) is 15.4 Å². The Bertz CT molecular complexity index is 594. The zero-order valence-corrected chi connectivity index (χ0v) is 11.5. The Hall–Kier alpha value is -2.44. The Labute approximate surface area is 116 Å². The fourth-order valence-corrected chi connectivity index (χ4v) is 2.05. The van der Waals surface area contributed by atoms with Gasteiger partial charge in [-0.15, -0.1) is 0 Å². The van der Waals surface area contributed by atoms with Gasteiger partial charge in [0.15, 0.2) is 0 Å². The van der Waals surface area contributed by atoms with E-state index in [0.717, 1.165) is 5.69 Å². The van der Waals surface area contributed by atoms with Crippen LogP contribution in [-0.4, -0.2) is 26.2 Å². The van der Waals surface area contributed by atoms with Gasteiger partial charge in [-0.1, -0.05) is 6.07 Å². The van der Waals surface area contributed by atoms with Crippen molar-refractivity contribution in [3.8, 4) is 0 Å². The van der Waals surface area contributed by atoms with Gasteiger partial charge in [0.05, 0.1) is 4.92 Å². The molecule has 1 N–H and O–H groups in total. The van der Waals surface area contributed by atoms with Crippen molar-refractivity contribution in [2.45, 2.75) is 26.8 Å². The van der Waals surface area contributed by atoms with Crippen LogP contribution in [0.15, 0.2) is 24.4 Å². The van der Waals surface area contributed by atoms with Crippen LogP contribution in [0.5, 0.6) is 0 Å². The maximum atomic E-state index is 11.1. The summed E-state index contributed by atoms with van der Waals surface area (Å²) in [5, 5.41) is 18.4. The molecule has 0 aliphatic heterocycles. The van der Waals surface area contributed by atoms with Gasteiger partial charge in [0.1, 0.15) is 5.69 Å². The van der Waals surface area contributed by atoms with Crippen molar-refractivity contribution in [2.75, 3.05) is 11.9 Å². The summed E-state index contributed by atoms with van der Waals surface area (Å²) >= 11 is 0. The van der Waals surface area contributed by atoms with Crippen LogP contribution in [0, 0.1) is 17.0 Å². The third-order valence-corrected chi connectivity index (χ3v) is 2.98. The Morgan fingerprint density at radius 1 is 1.45 bits per heavy atom. The highest BCUT2D eigenvalue weighted by Crippen LogP contribution is 2.27. The topological polar surface area (TPSA) is 85.9 Å². The molecule has 0 saturated heterocycles. The number of anilines is 1. The molecule has 7 heteroatoms. The lowest BCUT2D eigenvalue weighted by Crippen LogP contribution is -2.11. The highest BCUT2D eigenvalue weighted by molar-refractivity contribution is 5.59. The number of nitrogens with one attached hydrogen (secondary N) is 1. The van der Waals surface area contributed by atoms with Gasteiger partial charge in [-0.2, -0.15) is 5.10 Å². The molecule has 0 bridgehead atoms. The van der Waals surface area contributed by atoms with Crippen LogP contribution in [0.25, 0.3) is 0 Å². The number of hydrogen-bond donors (Lipinski definition) is 1. The third kappa shape index (κ3) is 2.93. The third-order valence-electron chi connectivity index (χ3n) is 2.98. The molecule has 0 radical (unpaired) electrons. The largest absolute Gasteiger partial charge is 0.364 e. The second-order valence-electron chi connectivity index (χ2n) is 4.35. The summed E-state index contributed by atoms with van der Waals surface area (Å²) in [5.74, 6) is 0.464. The maximum Gasteiger partial charge on any atom is 0.333 e. The number of aryl methyl sites for hydroxylation is 2. The van der Waals surface area contributed by atoms with Gasteiger partial charge in [-0.05, 0) is 26.0 Å². The van der Waals surface area contributed by atoms with Gasteiger partial charge in [0, 0.05) is 31.4 Å². The predicted molar refractivity (Wildman–Crippen MR) is 75.7 cm³/mol. The number of hydrogen-bond acceptors (Lipinski definition) is 5. The molecule has 0 amide bonds.